The molecule has 0 bridgehead atoms. The molecule has 0 fully saturated rings. The van der Waals surface area contributed by atoms with Crippen molar-refractivity contribution in [3.8, 4) is 0 Å². The fourth-order valence-corrected chi connectivity index (χ4v) is 12.4. The van der Waals surface area contributed by atoms with Crippen molar-refractivity contribution in [1.82, 2.24) is 0 Å². The fourth-order valence-electron chi connectivity index (χ4n) is 10.8. The minimum absolute atomic E-state index is 0.0810. The minimum atomic E-state index is -4.95. The monoisotopic (exact) mass is 1560 g/mol. The number of phosphoric ester groups is 2. The Morgan fingerprint density at radius 3 is 0.725 bits per heavy atom. The molecule has 5 atom stereocenters. The SMILES string of the molecule is CC/C=C\C/C=C\C/C=C\C/C=C\C/C=C\C/C=C\CCCCCCCCCCCCC(=O)OCC(O)COP(=O)(O)OCC(O)COP(=O)(O)OCC(COC(=O)CCCCCCCCCCC/C=C\C/C=C\C/C=C\C/C=C\C/C=C\CC)OC(=O)CCCCCCCC/C=C\C/C=C\C/C=C\C/C=C\CC. The van der Waals surface area contributed by atoms with E-state index in [1.54, 1.807) is 0 Å². The zero-order valence-electron chi connectivity index (χ0n) is 67.9. The first-order chi connectivity index (χ1) is 53.2. The van der Waals surface area contributed by atoms with Gasteiger partial charge < -0.3 is 34.2 Å². The van der Waals surface area contributed by atoms with Gasteiger partial charge in [0.25, 0.3) is 0 Å². The largest absolute Gasteiger partial charge is 0.472 e. The lowest BCUT2D eigenvalue weighted by Crippen LogP contribution is -2.30. The zero-order valence-corrected chi connectivity index (χ0v) is 69.7. The summed E-state index contributed by atoms with van der Waals surface area (Å²) in [7, 11) is -9.82. The number of hydrogen-bond donors (Lipinski definition) is 4. The first-order valence-corrected chi connectivity index (χ1v) is 45.1. The summed E-state index contributed by atoms with van der Waals surface area (Å²) >= 11 is 0. The maximum absolute atomic E-state index is 13.0. The summed E-state index contributed by atoms with van der Waals surface area (Å²) in [5, 5.41) is 20.7. The second-order valence-corrected chi connectivity index (χ2v) is 30.4. The van der Waals surface area contributed by atoms with Gasteiger partial charge >= 0.3 is 33.6 Å². The van der Waals surface area contributed by atoms with E-state index in [2.05, 4.69) is 203 Å². The second-order valence-electron chi connectivity index (χ2n) is 27.5. The second kappa shape index (κ2) is 82.1. The van der Waals surface area contributed by atoms with E-state index >= 15 is 0 Å². The number of aliphatic hydroxyl groups is 2. The predicted octanol–water partition coefficient (Wildman–Crippen LogP) is 25.3. The van der Waals surface area contributed by atoms with E-state index in [0.717, 1.165) is 199 Å². The summed E-state index contributed by atoms with van der Waals surface area (Å²) in [4.78, 5) is 58.8. The van der Waals surface area contributed by atoms with E-state index in [4.69, 9.17) is 32.3 Å². The van der Waals surface area contributed by atoms with Gasteiger partial charge in [-0.25, -0.2) is 9.13 Å². The molecule has 0 saturated carbocycles. The van der Waals surface area contributed by atoms with Gasteiger partial charge in [-0.3, -0.25) is 32.5 Å². The van der Waals surface area contributed by atoms with E-state index in [1.165, 1.54) is 57.8 Å². The van der Waals surface area contributed by atoms with Crippen LogP contribution in [0.3, 0.4) is 0 Å². The molecule has 0 spiro atoms. The van der Waals surface area contributed by atoms with E-state index in [9.17, 15) is 43.5 Å². The summed E-state index contributed by atoms with van der Waals surface area (Å²) in [6.07, 6.45) is 106. The third kappa shape index (κ3) is 83.4. The Labute approximate surface area is 662 Å². The van der Waals surface area contributed by atoms with Gasteiger partial charge in [-0.2, -0.15) is 0 Å². The summed E-state index contributed by atoms with van der Waals surface area (Å²) in [5.41, 5.74) is 0. The minimum Gasteiger partial charge on any atom is -0.463 e. The molecule has 620 valence electrons. The Balaban J connectivity index is 4.64. The van der Waals surface area contributed by atoms with Crippen LogP contribution in [0.4, 0.5) is 0 Å². The third-order valence-electron chi connectivity index (χ3n) is 17.1. The Bertz CT molecular complexity index is 2710. The normalized spacial score (nSPS) is 14.8. The number of ether oxygens (including phenoxy) is 3. The van der Waals surface area contributed by atoms with Crippen LogP contribution in [0.1, 0.15) is 316 Å². The van der Waals surface area contributed by atoms with Crippen LogP contribution >= 0.6 is 15.6 Å². The van der Waals surface area contributed by atoms with Crippen molar-refractivity contribution < 1.29 is 75.8 Å². The van der Waals surface area contributed by atoms with Crippen molar-refractivity contribution >= 4 is 33.6 Å². The first kappa shape index (κ1) is 104. The molecule has 0 heterocycles. The van der Waals surface area contributed by atoms with Crippen LogP contribution in [0.2, 0.25) is 0 Å². The highest BCUT2D eigenvalue weighted by Gasteiger charge is 2.29. The number of unbranched alkanes of at least 4 members (excludes halogenated alkanes) is 25. The number of hydrogen-bond acceptors (Lipinski definition) is 14. The smallest absolute Gasteiger partial charge is 0.463 e. The van der Waals surface area contributed by atoms with Crippen molar-refractivity contribution in [2.75, 3.05) is 39.6 Å². The molecular weight excluding hydrogens is 1410 g/mol. The average Bonchev–Trinajstić information content (AvgIpc) is 0.902. The van der Waals surface area contributed by atoms with Crippen LogP contribution in [0.15, 0.2) is 182 Å². The van der Waals surface area contributed by atoms with Crippen LogP contribution in [-0.2, 0) is 55.8 Å². The van der Waals surface area contributed by atoms with Gasteiger partial charge in [-0.05, 0) is 154 Å². The molecular formula is C91H150O16P2. The number of aliphatic hydroxyl groups excluding tert-OH is 2. The predicted molar refractivity (Wildman–Crippen MR) is 454 cm³/mol. The summed E-state index contributed by atoms with van der Waals surface area (Å²) < 4.78 is 61.3. The number of carbonyl (C=O) groups is 3. The Hall–Kier alpha value is -5.35. The third-order valence-corrected chi connectivity index (χ3v) is 19.0. The summed E-state index contributed by atoms with van der Waals surface area (Å²) in [6, 6.07) is 0. The van der Waals surface area contributed by atoms with Gasteiger partial charge in [0.15, 0.2) is 6.10 Å². The average molecular weight is 1560 g/mol. The van der Waals surface area contributed by atoms with E-state index in [1.807, 2.05) is 0 Å². The molecule has 16 nitrogen and oxygen atoms in total. The number of phosphoric acid groups is 2. The fraction of sp³-hybridized carbons (Fsp3) is 0.637. The van der Waals surface area contributed by atoms with Gasteiger partial charge in [-0.15, -0.1) is 0 Å². The van der Waals surface area contributed by atoms with E-state index in [0.29, 0.717) is 19.3 Å². The van der Waals surface area contributed by atoms with Gasteiger partial charge in [0, 0.05) is 19.3 Å². The molecule has 0 aromatic heterocycles. The molecule has 0 rings (SSSR count). The molecule has 0 aliphatic rings. The van der Waals surface area contributed by atoms with Crippen molar-refractivity contribution in [2.45, 2.75) is 334 Å². The standard InChI is InChI=1S/C91H150O16P2/c1-4-7-10-13-16-19-22-25-28-31-34-36-38-40-41-42-43-45-47-48-51-53-56-59-62-65-68-71-74-77-89(94)101-80-86(92)81-103-108(97,98)104-82-87(93)83-105-109(99,100)106-85-88(107-91(96)79-76-73-70-67-64-61-58-55-50-33-30-27-24-21-18-15-12-9-6-3)84-102-90(95)78-75-72-69-66-63-60-57-54-52-49-46-44-39-37-35-32-29-26-23-20-17-14-11-8-5-2/h7-12,16-21,25-30,34-37,40-41,43-46,50,55,86-88,92-93H,4-6,13-15,22-24,31-33,38-39,42,47-49,51-54,56-85H2,1-3H3,(H,97,98)(H,99,100)/b10-7-,11-8-,12-9-,19-16-,20-17-,21-18-,28-25-,29-26-,30-27-,36-34-,37-35-,41-40-,45-43-,46-44-,55-50-. The van der Waals surface area contributed by atoms with Crippen LogP contribution in [0.25, 0.3) is 0 Å². The molecule has 0 radical (unpaired) electrons. The highest BCUT2D eigenvalue weighted by molar-refractivity contribution is 7.47. The molecule has 109 heavy (non-hydrogen) atoms. The lowest BCUT2D eigenvalue weighted by Gasteiger charge is -2.21. The highest BCUT2D eigenvalue weighted by atomic mass is 31.2. The van der Waals surface area contributed by atoms with Crippen LogP contribution in [-0.4, -0.2) is 95.9 Å². The first-order valence-electron chi connectivity index (χ1n) is 42.1. The lowest BCUT2D eigenvalue weighted by molar-refractivity contribution is -0.161. The lowest BCUT2D eigenvalue weighted by atomic mass is 10.1. The Morgan fingerprint density at radius 2 is 0.459 bits per heavy atom. The van der Waals surface area contributed by atoms with Crippen molar-refractivity contribution in [3.63, 3.8) is 0 Å². The molecule has 0 aliphatic heterocycles. The van der Waals surface area contributed by atoms with Crippen molar-refractivity contribution in [1.29, 1.82) is 0 Å². The molecule has 18 heteroatoms. The summed E-state index contributed by atoms with van der Waals surface area (Å²) in [5.74, 6) is -1.61. The van der Waals surface area contributed by atoms with Crippen LogP contribution in [0.5, 0.6) is 0 Å². The molecule has 0 saturated heterocycles. The number of rotatable bonds is 78. The van der Waals surface area contributed by atoms with Gasteiger partial charge in [-0.1, -0.05) is 325 Å². The van der Waals surface area contributed by atoms with Crippen LogP contribution < -0.4 is 0 Å². The molecule has 0 aromatic rings. The number of esters is 3. The van der Waals surface area contributed by atoms with E-state index < -0.39 is 91.5 Å². The topological polar surface area (TPSA) is 231 Å². The van der Waals surface area contributed by atoms with Gasteiger partial charge in [0.05, 0.1) is 26.4 Å². The Kier molecular flexibility index (Phi) is 78.1. The number of allylic oxidation sites excluding steroid dienone is 30. The van der Waals surface area contributed by atoms with E-state index in [-0.39, 0.29) is 19.3 Å². The molecule has 5 unspecified atom stereocenters. The van der Waals surface area contributed by atoms with Gasteiger partial charge in [0.2, 0.25) is 0 Å². The van der Waals surface area contributed by atoms with Crippen LogP contribution in [0, 0.1) is 0 Å². The molecule has 0 amide bonds. The quantitative estimate of drug-likeness (QED) is 0.0146. The maximum atomic E-state index is 13.0. The maximum Gasteiger partial charge on any atom is 0.472 e. The molecule has 0 aromatic carbocycles. The summed E-state index contributed by atoms with van der Waals surface area (Å²) in [6.45, 7) is 2.32. The van der Waals surface area contributed by atoms with Crippen molar-refractivity contribution in [2.24, 2.45) is 0 Å². The van der Waals surface area contributed by atoms with Gasteiger partial charge in [0.1, 0.15) is 25.4 Å². The van der Waals surface area contributed by atoms with Crippen molar-refractivity contribution in [3.05, 3.63) is 182 Å². The highest BCUT2D eigenvalue weighted by Crippen LogP contribution is 2.45. The Morgan fingerprint density at radius 1 is 0.257 bits per heavy atom. The molecule has 4 N–H and O–H groups in total. The number of carbonyl (C=O) groups excluding carboxylic acids is 3. The molecule has 0 aliphatic carbocycles. The zero-order chi connectivity index (χ0) is 79.4.